The zero-order chi connectivity index (χ0) is 21.8. The molecular weight excluding hydrogens is 463 g/mol. The van der Waals surface area contributed by atoms with Crippen molar-refractivity contribution in [2.75, 3.05) is 0 Å². The van der Waals surface area contributed by atoms with Gasteiger partial charge in [0.05, 0.1) is 16.6 Å². The molecule has 0 spiro atoms. The van der Waals surface area contributed by atoms with Crippen LogP contribution in [0.1, 0.15) is 41.6 Å². The summed E-state index contributed by atoms with van der Waals surface area (Å²) in [5, 5.41) is 14.0. The lowest BCUT2D eigenvalue weighted by Gasteiger charge is -2.22. The molecule has 2 aromatic carbocycles. The Hall–Kier alpha value is -1.73. The maximum Gasteiger partial charge on any atom is 0.253 e. The van der Waals surface area contributed by atoms with E-state index < -0.39 is 0 Å². The van der Waals surface area contributed by atoms with Crippen LogP contribution in [0.15, 0.2) is 47.6 Å². The van der Waals surface area contributed by atoms with Gasteiger partial charge in [0.15, 0.2) is 11.0 Å². The maximum atomic E-state index is 12.8. The van der Waals surface area contributed by atoms with Crippen LogP contribution in [-0.2, 0) is 12.8 Å². The Morgan fingerprint density at radius 2 is 1.73 bits per heavy atom. The van der Waals surface area contributed by atoms with E-state index in [1.165, 1.54) is 0 Å². The predicted molar refractivity (Wildman–Crippen MR) is 124 cm³/mol. The van der Waals surface area contributed by atoms with Crippen molar-refractivity contribution in [3.05, 3.63) is 74.5 Å². The van der Waals surface area contributed by atoms with E-state index in [1.54, 1.807) is 30.0 Å². The standard InChI is InChI=1S/C21H21Cl3N4OS/c1-12(2)18(25-20(29)16-9-8-15(23)10-17(16)24)19-26-27-21(28(19)3)30-11-13-4-6-14(22)7-5-13/h4-10,12,18H,11H2,1-3H3,(H,25,29). The molecule has 0 aliphatic carbocycles. The van der Waals surface area contributed by atoms with Gasteiger partial charge in [0, 0.05) is 22.8 Å². The number of aromatic nitrogens is 3. The molecule has 30 heavy (non-hydrogen) atoms. The number of carbonyl (C=O) groups is 1. The molecular formula is C21H21Cl3N4OS. The molecule has 1 N–H and O–H groups in total. The molecule has 1 atom stereocenters. The highest BCUT2D eigenvalue weighted by Crippen LogP contribution is 2.28. The molecule has 3 aromatic rings. The van der Waals surface area contributed by atoms with Crippen LogP contribution in [0.5, 0.6) is 0 Å². The van der Waals surface area contributed by atoms with Crippen LogP contribution in [0.3, 0.4) is 0 Å². The Balaban J connectivity index is 1.76. The van der Waals surface area contributed by atoms with Crippen molar-refractivity contribution in [1.82, 2.24) is 20.1 Å². The minimum absolute atomic E-state index is 0.0945. The Morgan fingerprint density at radius 1 is 1.07 bits per heavy atom. The summed E-state index contributed by atoms with van der Waals surface area (Å²) in [6.45, 7) is 4.03. The topological polar surface area (TPSA) is 59.8 Å². The summed E-state index contributed by atoms with van der Waals surface area (Å²) >= 11 is 19.6. The van der Waals surface area contributed by atoms with Gasteiger partial charge in [-0.25, -0.2) is 0 Å². The molecule has 0 saturated heterocycles. The quantitative estimate of drug-likeness (QED) is 0.407. The number of nitrogens with one attached hydrogen (secondary N) is 1. The second-order valence-corrected chi connectivity index (χ2v) is 9.36. The number of hydrogen-bond acceptors (Lipinski definition) is 4. The molecule has 0 aliphatic rings. The number of nitrogens with zero attached hydrogens (tertiary/aromatic N) is 3. The number of amides is 1. The van der Waals surface area contributed by atoms with Crippen molar-refractivity contribution < 1.29 is 4.79 Å². The minimum Gasteiger partial charge on any atom is -0.342 e. The van der Waals surface area contributed by atoms with Crippen LogP contribution >= 0.6 is 46.6 Å². The highest BCUT2D eigenvalue weighted by molar-refractivity contribution is 7.98. The van der Waals surface area contributed by atoms with Gasteiger partial charge < -0.3 is 9.88 Å². The zero-order valence-electron chi connectivity index (χ0n) is 16.7. The number of hydrogen-bond donors (Lipinski definition) is 1. The first-order chi connectivity index (χ1) is 14.3. The Bertz CT molecular complexity index is 1040. The summed E-state index contributed by atoms with van der Waals surface area (Å²) < 4.78 is 1.91. The summed E-state index contributed by atoms with van der Waals surface area (Å²) in [5.74, 6) is 1.23. The number of halogens is 3. The van der Waals surface area contributed by atoms with E-state index in [4.69, 9.17) is 34.8 Å². The second-order valence-electron chi connectivity index (χ2n) is 7.13. The first-order valence-electron chi connectivity index (χ1n) is 9.28. The molecule has 0 aliphatic heterocycles. The molecule has 5 nitrogen and oxygen atoms in total. The normalized spacial score (nSPS) is 12.2. The van der Waals surface area contributed by atoms with E-state index in [0.29, 0.717) is 26.5 Å². The summed E-state index contributed by atoms with van der Waals surface area (Å²) in [4.78, 5) is 12.8. The fraction of sp³-hybridized carbons (Fsp3) is 0.286. The Morgan fingerprint density at radius 3 is 2.37 bits per heavy atom. The minimum atomic E-state index is -0.327. The van der Waals surface area contributed by atoms with Crippen molar-refractivity contribution in [2.45, 2.75) is 30.8 Å². The number of thioether (sulfide) groups is 1. The molecule has 158 valence electrons. The van der Waals surface area contributed by atoms with Crippen LogP contribution in [0.4, 0.5) is 0 Å². The monoisotopic (exact) mass is 482 g/mol. The lowest BCUT2D eigenvalue weighted by molar-refractivity contribution is 0.0922. The smallest absolute Gasteiger partial charge is 0.253 e. The molecule has 1 amide bonds. The third kappa shape index (κ3) is 5.49. The Kier molecular flexibility index (Phi) is 7.69. The van der Waals surface area contributed by atoms with Crippen LogP contribution < -0.4 is 5.32 Å². The number of carbonyl (C=O) groups excluding carboxylic acids is 1. The number of rotatable bonds is 7. The molecule has 0 radical (unpaired) electrons. The highest BCUT2D eigenvalue weighted by Gasteiger charge is 2.26. The predicted octanol–water partition coefficient (Wildman–Crippen LogP) is 6.19. The third-order valence-corrected chi connectivity index (χ3v) is 6.45. The van der Waals surface area contributed by atoms with E-state index in [1.807, 2.05) is 49.7 Å². The van der Waals surface area contributed by atoms with E-state index in [0.717, 1.165) is 16.5 Å². The van der Waals surface area contributed by atoms with Crippen LogP contribution in [0.2, 0.25) is 15.1 Å². The first kappa shape index (κ1) is 22.9. The third-order valence-electron chi connectivity index (χ3n) is 4.56. The summed E-state index contributed by atoms with van der Waals surface area (Å²) in [7, 11) is 1.90. The van der Waals surface area contributed by atoms with E-state index in [-0.39, 0.29) is 17.9 Å². The first-order valence-corrected chi connectivity index (χ1v) is 11.4. The Labute approximate surface area is 195 Å². The van der Waals surface area contributed by atoms with E-state index >= 15 is 0 Å². The molecule has 0 bridgehead atoms. The van der Waals surface area contributed by atoms with Crippen LogP contribution in [0.25, 0.3) is 0 Å². The lowest BCUT2D eigenvalue weighted by atomic mass is 10.0. The van der Waals surface area contributed by atoms with Crippen LogP contribution in [0, 0.1) is 5.92 Å². The van der Waals surface area contributed by atoms with Gasteiger partial charge in [-0.3, -0.25) is 4.79 Å². The summed E-state index contributed by atoms with van der Waals surface area (Å²) in [6, 6.07) is 12.2. The SMILES string of the molecule is CC(C)C(NC(=O)c1ccc(Cl)cc1Cl)c1nnc(SCc2ccc(Cl)cc2)n1C. The van der Waals surface area contributed by atoms with E-state index in [9.17, 15) is 4.79 Å². The maximum absolute atomic E-state index is 12.8. The van der Waals surface area contributed by atoms with Crippen molar-refractivity contribution >= 4 is 52.5 Å². The van der Waals surface area contributed by atoms with Gasteiger partial charge >= 0.3 is 0 Å². The van der Waals surface area contributed by atoms with E-state index in [2.05, 4.69) is 15.5 Å². The van der Waals surface area contributed by atoms with Crippen LogP contribution in [-0.4, -0.2) is 20.7 Å². The molecule has 1 unspecified atom stereocenters. The molecule has 1 heterocycles. The lowest BCUT2D eigenvalue weighted by Crippen LogP contribution is -2.33. The molecule has 3 rings (SSSR count). The average Bonchev–Trinajstić information content (AvgIpc) is 3.05. The molecule has 1 aromatic heterocycles. The van der Waals surface area contributed by atoms with Crippen molar-refractivity contribution in [2.24, 2.45) is 13.0 Å². The van der Waals surface area contributed by atoms with Gasteiger partial charge in [0.1, 0.15) is 0 Å². The summed E-state index contributed by atoms with van der Waals surface area (Å²) in [6.07, 6.45) is 0. The van der Waals surface area contributed by atoms with Crippen molar-refractivity contribution in [3.63, 3.8) is 0 Å². The van der Waals surface area contributed by atoms with Crippen molar-refractivity contribution in [1.29, 1.82) is 0 Å². The van der Waals surface area contributed by atoms with Gasteiger partial charge in [-0.05, 0) is 41.8 Å². The van der Waals surface area contributed by atoms with Gasteiger partial charge in [-0.15, -0.1) is 10.2 Å². The highest BCUT2D eigenvalue weighted by atomic mass is 35.5. The molecule has 9 heteroatoms. The fourth-order valence-electron chi connectivity index (χ4n) is 2.87. The van der Waals surface area contributed by atoms with Crippen molar-refractivity contribution in [3.8, 4) is 0 Å². The van der Waals surface area contributed by atoms with Gasteiger partial charge in [-0.1, -0.05) is 72.5 Å². The summed E-state index contributed by atoms with van der Waals surface area (Å²) in [5.41, 5.74) is 1.51. The largest absolute Gasteiger partial charge is 0.342 e. The van der Waals surface area contributed by atoms with Gasteiger partial charge in [-0.2, -0.15) is 0 Å². The molecule has 0 saturated carbocycles. The average molecular weight is 484 g/mol. The van der Waals surface area contributed by atoms with Gasteiger partial charge in [0.2, 0.25) is 0 Å². The van der Waals surface area contributed by atoms with Gasteiger partial charge in [0.25, 0.3) is 5.91 Å². The molecule has 0 fully saturated rings. The second kappa shape index (κ2) is 10.1. The fourth-order valence-corrected chi connectivity index (χ4v) is 4.37. The number of benzene rings is 2. The zero-order valence-corrected chi connectivity index (χ0v) is 19.8.